The van der Waals surface area contributed by atoms with Crippen LogP contribution in [0.1, 0.15) is 6.92 Å². The van der Waals surface area contributed by atoms with Gasteiger partial charge in [-0.1, -0.05) is 23.2 Å². The van der Waals surface area contributed by atoms with Crippen LogP contribution in [-0.2, 0) is 4.79 Å². The quantitative estimate of drug-likeness (QED) is 0.768. The van der Waals surface area contributed by atoms with Crippen LogP contribution < -0.4 is 5.32 Å². The summed E-state index contributed by atoms with van der Waals surface area (Å²) in [6, 6.07) is 11.1. The van der Waals surface area contributed by atoms with Crippen molar-refractivity contribution >= 4 is 46.6 Å². The summed E-state index contributed by atoms with van der Waals surface area (Å²) < 4.78 is 13.0. The number of nitrogens with one attached hydrogen (secondary N) is 1. The molecule has 2 aromatic carbocycles. The van der Waals surface area contributed by atoms with E-state index in [2.05, 4.69) is 5.32 Å². The predicted octanol–water partition coefficient (Wildman–Crippen LogP) is 5.25. The summed E-state index contributed by atoms with van der Waals surface area (Å²) in [5, 5.41) is 3.18. The molecule has 1 N–H and O–H groups in total. The van der Waals surface area contributed by atoms with Gasteiger partial charge in [0.1, 0.15) is 5.82 Å². The van der Waals surface area contributed by atoms with Gasteiger partial charge < -0.3 is 5.32 Å². The third-order valence-electron chi connectivity index (χ3n) is 2.68. The van der Waals surface area contributed by atoms with Crippen LogP contribution in [0.15, 0.2) is 47.4 Å². The first-order chi connectivity index (χ1) is 9.95. The summed E-state index contributed by atoms with van der Waals surface area (Å²) in [5.74, 6) is -0.648. The minimum Gasteiger partial charge on any atom is -0.324 e. The van der Waals surface area contributed by atoms with Crippen LogP contribution in [0, 0.1) is 5.82 Å². The van der Waals surface area contributed by atoms with Crippen molar-refractivity contribution in [3.8, 4) is 0 Å². The van der Waals surface area contributed by atoms with Crippen molar-refractivity contribution in [3.05, 3.63) is 58.3 Å². The zero-order chi connectivity index (χ0) is 15.4. The fourth-order valence-electron chi connectivity index (χ4n) is 1.60. The van der Waals surface area contributed by atoms with E-state index < -0.39 is 5.82 Å². The number of rotatable bonds is 4. The minimum atomic E-state index is -0.443. The van der Waals surface area contributed by atoms with Crippen molar-refractivity contribution in [1.82, 2.24) is 0 Å². The number of carbonyl (C=O) groups excluding carboxylic acids is 1. The fourth-order valence-corrected chi connectivity index (χ4v) is 2.80. The van der Waals surface area contributed by atoms with E-state index in [0.717, 1.165) is 11.0 Å². The van der Waals surface area contributed by atoms with E-state index in [0.29, 0.717) is 10.7 Å². The SMILES string of the molecule is C[C@@H](Sc1ccc(Cl)cc1)C(=O)Nc1ccc(F)cc1Cl. The van der Waals surface area contributed by atoms with Gasteiger partial charge >= 0.3 is 0 Å². The average Bonchev–Trinajstić information content (AvgIpc) is 2.44. The molecule has 2 rings (SSSR count). The van der Waals surface area contributed by atoms with Crippen LogP contribution in [0.3, 0.4) is 0 Å². The van der Waals surface area contributed by atoms with Crippen molar-refractivity contribution in [2.75, 3.05) is 5.32 Å². The summed E-state index contributed by atoms with van der Waals surface area (Å²) in [6.45, 7) is 1.78. The van der Waals surface area contributed by atoms with Crippen LogP contribution >= 0.6 is 35.0 Å². The van der Waals surface area contributed by atoms with Gasteiger partial charge in [0.2, 0.25) is 5.91 Å². The Labute approximate surface area is 136 Å². The highest BCUT2D eigenvalue weighted by Gasteiger charge is 2.16. The van der Waals surface area contributed by atoms with Gasteiger partial charge in [-0.05, 0) is 49.4 Å². The molecule has 2 nitrogen and oxygen atoms in total. The van der Waals surface area contributed by atoms with Gasteiger partial charge in [-0.2, -0.15) is 0 Å². The third kappa shape index (κ3) is 4.63. The monoisotopic (exact) mass is 343 g/mol. The van der Waals surface area contributed by atoms with Crippen molar-refractivity contribution in [3.63, 3.8) is 0 Å². The number of hydrogen-bond donors (Lipinski definition) is 1. The maximum Gasteiger partial charge on any atom is 0.237 e. The highest BCUT2D eigenvalue weighted by molar-refractivity contribution is 8.00. The first-order valence-electron chi connectivity index (χ1n) is 6.14. The Hall–Kier alpha value is -1.23. The van der Waals surface area contributed by atoms with E-state index in [1.807, 2.05) is 12.1 Å². The summed E-state index contributed by atoms with van der Waals surface area (Å²) in [6.07, 6.45) is 0. The minimum absolute atomic E-state index is 0.173. The standard InChI is InChI=1S/C15H12Cl2FNOS/c1-9(21-12-5-2-10(16)3-6-12)15(20)19-14-7-4-11(18)8-13(14)17/h2-9H,1H3,(H,19,20)/t9-/m1/s1. The Morgan fingerprint density at radius 2 is 1.86 bits per heavy atom. The molecule has 0 unspecified atom stereocenters. The summed E-state index contributed by atoms with van der Waals surface area (Å²) in [7, 11) is 0. The number of hydrogen-bond acceptors (Lipinski definition) is 2. The van der Waals surface area contributed by atoms with Crippen LogP contribution in [0.5, 0.6) is 0 Å². The molecule has 21 heavy (non-hydrogen) atoms. The molecule has 0 spiro atoms. The lowest BCUT2D eigenvalue weighted by molar-refractivity contribution is -0.115. The molecule has 0 bridgehead atoms. The number of amides is 1. The third-order valence-corrected chi connectivity index (χ3v) is 4.36. The van der Waals surface area contributed by atoms with Crippen molar-refractivity contribution in [2.24, 2.45) is 0 Å². The molecule has 6 heteroatoms. The molecule has 0 aliphatic rings. The van der Waals surface area contributed by atoms with Gasteiger partial charge in [0.25, 0.3) is 0 Å². The summed E-state index contributed by atoms with van der Waals surface area (Å²) in [5.41, 5.74) is 0.395. The van der Waals surface area contributed by atoms with Gasteiger partial charge in [-0.25, -0.2) is 4.39 Å². The van der Waals surface area contributed by atoms with Crippen LogP contribution in [-0.4, -0.2) is 11.2 Å². The highest BCUT2D eigenvalue weighted by atomic mass is 35.5. The van der Waals surface area contributed by atoms with Gasteiger partial charge in [0, 0.05) is 9.92 Å². The van der Waals surface area contributed by atoms with Crippen LogP contribution in [0.2, 0.25) is 10.0 Å². The summed E-state index contributed by atoms with van der Waals surface area (Å²) >= 11 is 13.1. The number of thioether (sulfide) groups is 1. The second-order valence-corrected chi connectivity index (χ2v) is 6.59. The molecule has 0 heterocycles. The van der Waals surface area contributed by atoms with Gasteiger partial charge in [-0.3, -0.25) is 4.79 Å². The average molecular weight is 344 g/mol. The molecule has 2 aromatic rings. The van der Waals surface area contributed by atoms with Gasteiger partial charge in [0.15, 0.2) is 0 Å². The van der Waals surface area contributed by atoms with Gasteiger partial charge in [-0.15, -0.1) is 11.8 Å². The highest BCUT2D eigenvalue weighted by Crippen LogP contribution is 2.27. The Balaban J connectivity index is 2.00. The molecule has 0 radical (unpaired) electrons. The normalized spacial score (nSPS) is 12.0. The predicted molar refractivity (Wildman–Crippen MR) is 86.8 cm³/mol. The second kappa shape index (κ2) is 7.16. The van der Waals surface area contributed by atoms with E-state index in [-0.39, 0.29) is 16.2 Å². The molecule has 0 fully saturated rings. The number of carbonyl (C=O) groups is 1. The van der Waals surface area contributed by atoms with Crippen molar-refractivity contribution in [2.45, 2.75) is 17.1 Å². The molecule has 0 saturated carbocycles. The molecular formula is C15H12Cl2FNOS. The Morgan fingerprint density at radius 3 is 2.48 bits per heavy atom. The van der Waals surface area contributed by atoms with Crippen LogP contribution in [0.25, 0.3) is 0 Å². The van der Waals surface area contributed by atoms with E-state index in [9.17, 15) is 9.18 Å². The largest absolute Gasteiger partial charge is 0.324 e. The second-order valence-electron chi connectivity index (χ2n) is 4.33. The van der Waals surface area contributed by atoms with Crippen LogP contribution in [0.4, 0.5) is 10.1 Å². The smallest absolute Gasteiger partial charge is 0.237 e. The Bertz CT molecular complexity index is 649. The molecule has 0 aliphatic carbocycles. The van der Waals surface area contributed by atoms with Gasteiger partial charge in [0.05, 0.1) is 16.0 Å². The zero-order valence-corrected chi connectivity index (χ0v) is 13.4. The zero-order valence-electron chi connectivity index (χ0n) is 11.1. The van der Waals surface area contributed by atoms with Crippen molar-refractivity contribution < 1.29 is 9.18 Å². The van der Waals surface area contributed by atoms with E-state index in [4.69, 9.17) is 23.2 Å². The molecule has 0 saturated heterocycles. The maximum atomic E-state index is 13.0. The number of benzene rings is 2. The van der Waals surface area contributed by atoms with E-state index >= 15 is 0 Å². The molecule has 0 aromatic heterocycles. The summed E-state index contributed by atoms with van der Waals surface area (Å²) in [4.78, 5) is 13.0. The lowest BCUT2D eigenvalue weighted by atomic mass is 10.3. The van der Waals surface area contributed by atoms with E-state index in [1.54, 1.807) is 19.1 Å². The molecular weight excluding hydrogens is 332 g/mol. The lowest BCUT2D eigenvalue weighted by Crippen LogP contribution is -2.22. The molecule has 1 amide bonds. The Morgan fingerprint density at radius 1 is 1.19 bits per heavy atom. The molecule has 110 valence electrons. The Kier molecular flexibility index (Phi) is 5.51. The lowest BCUT2D eigenvalue weighted by Gasteiger charge is -2.13. The first-order valence-corrected chi connectivity index (χ1v) is 7.77. The number of anilines is 1. The molecule has 0 aliphatic heterocycles. The fraction of sp³-hybridized carbons (Fsp3) is 0.133. The molecule has 1 atom stereocenters. The number of halogens is 3. The van der Waals surface area contributed by atoms with E-state index in [1.165, 1.54) is 23.9 Å². The van der Waals surface area contributed by atoms with Crippen molar-refractivity contribution in [1.29, 1.82) is 0 Å². The maximum absolute atomic E-state index is 13.0. The first kappa shape index (κ1) is 16.1. The topological polar surface area (TPSA) is 29.1 Å².